The fourth-order valence-corrected chi connectivity index (χ4v) is 4.29. The number of rotatable bonds is 4. The van der Waals surface area contributed by atoms with Gasteiger partial charge in [-0.25, -0.2) is 0 Å². The molecule has 0 amide bonds. The standard InChI is InChI=1S/C21H22O2S/c1-13-10-16(22-4)6-8-18(13)20-12-15(3)21(24-20)19-9-7-17(23-5)11-14(19)2/h6-12H,1-5H3. The summed E-state index contributed by atoms with van der Waals surface area (Å²) < 4.78 is 10.6. The minimum absolute atomic E-state index is 0.899. The van der Waals surface area contributed by atoms with E-state index in [1.165, 1.54) is 37.6 Å². The van der Waals surface area contributed by atoms with Crippen LogP contribution in [0.4, 0.5) is 0 Å². The van der Waals surface area contributed by atoms with Crippen LogP contribution < -0.4 is 9.47 Å². The Hall–Kier alpha value is -2.26. The molecule has 3 aromatic rings. The molecule has 24 heavy (non-hydrogen) atoms. The third-order valence-electron chi connectivity index (χ3n) is 4.30. The zero-order chi connectivity index (χ0) is 17.3. The van der Waals surface area contributed by atoms with Crippen molar-refractivity contribution in [2.24, 2.45) is 0 Å². The SMILES string of the molecule is COc1ccc(-c2cc(C)c(-c3ccc(OC)cc3C)s2)c(C)c1. The molecule has 0 radical (unpaired) electrons. The smallest absolute Gasteiger partial charge is 0.119 e. The molecule has 0 saturated heterocycles. The predicted molar refractivity (Wildman–Crippen MR) is 103 cm³/mol. The molecule has 1 aromatic heterocycles. The van der Waals surface area contributed by atoms with Gasteiger partial charge in [0.1, 0.15) is 11.5 Å². The van der Waals surface area contributed by atoms with Crippen LogP contribution in [0.5, 0.6) is 11.5 Å². The molecule has 0 fully saturated rings. The second kappa shape index (κ2) is 6.70. The van der Waals surface area contributed by atoms with Gasteiger partial charge in [0, 0.05) is 9.75 Å². The Morgan fingerprint density at radius 2 is 1.21 bits per heavy atom. The van der Waals surface area contributed by atoms with Gasteiger partial charge in [0.25, 0.3) is 0 Å². The first-order chi connectivity index (χ1) is 11.5. The molecule has 124 valence electrons. The third kappa shape index (κ3) is 3.04. The summed E-state index contributed by atoms with van der Waals surface area (Å²) in [5.41, 5.74) is 6.31. The van der Waals surface area contributed by atoms with Gasteiger partial charge in [-0.2, -0.15) is 0 Å². The van der Waals surface area contributed by atoms with Crippen LogP contribution >= 0.6 is 11.3 Å². The zero-order valence-corrected chi connectivity index (χ0v) is 15.6. The second-order valence-electron chi connectivity index (χ2n) is 5.98. The molecule has 2 nitrogen and oxygen atoms in total. The van der Waals surface area contributed by atoms with Crippen molar-refractivity contribution in [3.8, 4) is 32.4 Å². The molecule has 0 spiro atoms. The molecule has 0 aliphatic rings. The van der Waals surface area contributed by atoms with E-state index in [0.717, 1.165) is 11.5 Å². The van der Waals surface area contributed by atoms with Crippen molar-refractivity contribution in [3.63, 3.8) is 0 Å². The summed E-state index contributed by atoms with van der Waals surface area (Å²) in [6.45, 7) is 6.44. The van der Waals surface area contributed by atoms with E-state index in [2.05, 4.69) is 51.1 Å². The number of methoxy groups -OCH3 is 2. The van der Waals surface area contributed by atoms with Crippen LogP contribution in [-0.4, -0.2) is 14.2 Å². The Kier molecular flexibility index (Phi) is 4.63. The highest BCUT2D eigenvalue weighted by atomic mass is 32.1. The minimum atomic E-state index is 0.899. The van der Waals surface area contributed by atoms with Gasteiger partial charge in [0.2, 0.25) is 0 Å². The summed E-state index contributed by atoms with van der Waals surface area (Å²) in [6.07, 6.45) is 0. The topological polar surface area (TPSA) is 18.5 Å². The summed E-state index contributed by atoms with van der Waals surface area (Å²) in [4.78, 5) is 2.61. The highest BCUT2D eigenvalue weighted by Crippen LogP contribution is 2.41. The first-order valence-electron chi connectivity index (χ1n) is 7.94. The number of ether oxygens (including phenoxy) is 2. The number of hydrogen-bond donors (Lipinski definition) is 0. The Bertz CT molecular complexity index is 878. The van der Waals surface area contributed by atoms with Crippen LogP contribution in [0.2, 0.25) is 0 Å². The average Bonchev–Trinajstić information content (AvgIpc) is 2.95. The second-order valence-corrected chi connectivity index (χ2v) is 7.04. The van der Waals surface area contributed by atoms with Crippen LogP contribution in [0.25, 0.3) is 20.9 Å². The van der Waals surface area contributed by atoms with Crippen LogP contribution in [0.15, 0.2) is 42.5 Å². The maximum Gasteiger partial charge on any atom is 0.119 e. The first kappa shape index (κ1) is 16.6. The van der Waals surface area contributed by atoms with Crippen LogP contribution in [-0.2, 0) is 0 Å². The molecule has 3 rings (SSSR count). The van der Waals surface area contributed by atoms with Gasteiger partial charge in [-0.1, -0.05) is 0 Å². The highest BCUT2D eigenvalue weighted by molar-refractivity contribution is 7.19. The van der Waals surface area contributed by atoms with Crippen molar-refractivity contribution in [2.75, 3.05) is 14.2 Å². The molecular weight excluding hydrogens is 316 g/mol. The van der Waals surface area contributed by atoms with Crippen molar-refractivity contribution in [3.05, 3.63) is 59.2 Å². The van der Waals surface area contributed by atoms with Crippen LogP contribution in [0.1, 0.15) is 16.7 Å². The number of thiophene rings is 1. The molecule has 1 heterocycles. The fraction of sp³-hybridized carbons (Fsp3) is 0.238. The number of aryl methyl sites for hydroxylation is 3. The van der Waals surface area contributed by atoms with E-state index in [9.17, 15) is 0 Å². The van der Waals surface area contributed by atoms with Crippen molar-refractivity contribution >= 4 is 11.3 Å². The van der Waals surface area contributed by atoms with E-state index < -0.39 is 0 Å². The Labute approximate surface area is 147 Å². The van der Waals surface area contributed by atoms with Gasteiger partial charge in [0.15, 0.2) is 0 Å². The summed E-state index contributed by atoms with van der Waals surface area (Å²) >= 11 is 1.84. The molecule has 0 atom stereocenters. The Balaban J connectivity index is 2.05. The van der Waals surface area contributed by atoms with Gasteiger partial charge >= 0.3 is 0 Å². The van der Waals surface area contributed by atoms with E-state index in [1.54, 1.807) is 14.2 Å². The summed E-state index contributed by atoms with van der Waals surface area (Å²) in [5.74, 6) is 1.80. The van der Waals surface area contributed by atoms with E-state index in [0.29, 0.717) is 0 Å². The molecular formula is C21H22O2S. The summed E-state index contributed by atoms with van der Waals surface area (Å²) in [7, 11) is 3.41. The van der Waals surface area contributed by atoms with Crippen LogP contribution in [0.3, 0.4) is 0 Å². The molecule has 0 N–H and O–H groups in total. The fourth-order valence-electron chi connectivity index (χ4n) is 2.94. The summed E-state index contributed by atoms with van der Waals surface area (Å²) in [6, 6.07) is 14.8. The largest absolute Gasteiger partial charge is 0.497 e. The quantitative estimate of drug-likeness (QED) is 0.578. The molecule has 0 aliphatic heterocycles. The van der Waals surface area contributed by atoms with Crippen molar-refractivity contribution in [2.45, 2.75) is 20.8 Å². The summed E-state index contributed by atoms with van der Waals surface area (Å²) in [5, 5.41) is 0. The third-order valence-corrected chi connectivity index (χ3v) is 5.60. The molecule has 0 unspecified atom stereocenters. The van der Waals surface area contributed by atoms with E-state index in [4.69, 9.17) is 9.47 Å². The van der Waals surface area contributed by atoms with E-state index in [-0.39, 0.29) is 0 Å². The average molecular weight is 338 g/mol. The van der Waals surface area contributed by atoms with Gasteiger partial charge in [-0.3, -0.25) is 0 Å². The Morgan fingerprint density at radius 3 is 1.71 bits per heavy atom. The van der Waals surface area contributed by atoms with Gasteiger partial charge in [-0.05, 0) is 91.1 Å². The first-order valence-corrected chi connectivity index (χ1v) is 8.75. The zero-order valence-electron chi connectivity index (χ0n) is 14.8. The number of benzene rings is 2. The maximum atomic E-state index is 5.32. The lowest BCUT2D eigenvalue weighted by atomic mass is 10.0. The van der Waals surface area contributed by atoms with E-state index >= 15 is 0 Å². The predicted octanol–water partition coefficient (Wildman–Crippen LogP) is 6.02. The Morgan fingerprint density at radius 1 is 0.667 bits per heavy atom. The van der Waals surface area contributed by atoms with Gasteiger partial charge < -0.3 is 9.47 Å². The number of hydrogen-bond acceptors (Lipinski definition) is 3. The molecule has 0 bridgehead atoms. The molecule has 0 saturated carbocycles. The lowest BCUT2D eigenvalue weighted by Gasteiger charge is -2.08. The lowest BCUT2D eigenvalue weighted by molar-refractivity contribution is 0.414. The lowest BCUT2D eigenvalue weighted by Crippen LogP contribution is -1.86. The monoisotopic (exact) mass is 338 g/mol. The molecule has 3 heteroatoms. The van der Waals surface area contributed by atoms with Crippen LogP contribution in [0, 0.1) is 20.8 Å². The minimum Gasteiger partial charge on any atom is -0.497 e. The molecule has 2 aromatic carbocycles. The highest BCUT2D eigenvalue weighted by Gasteiger charge is 2.13. The maximum absolute atomic E-state index is 5.32. The van der Waals surface area contributed by atoms with Crippen molar-refractivity contribution in [1.29, 1.82) is 0 Å². The van der Waals surface area contributed by atoms with Gasteiger partial charge in [0.05, 0.1) is 14.2 Å². The van der Waals surface area contributed by atoms with E-state index in [1.807, 2.05) is 23.5 Å². The van der Waals surface area contributed by atoms with Crippen molar-refractivity contribution in [1.82, 2.24) is 0 Å². The van der Waals surface area contributed by atoms with Crippen molar-refractivity contribution < 1.29 is 9.47 Å². The normalized spacial score (nSPS) is 10.7. The molecule has 0 aliphatic carbocycles. The van der Waals surface area contributed by atoms with Gasteiger partial charge in [-0.15, -0.1) is 11.3 Å².